The van der Waals surface area contributed by atoms with Crippen LogP contribution >= 0.6 is 0 Å². The molecule has 2 rings (SSSR count). The number of nitrogens with one attached hydrogen (secondary N) is 1. The van der Waals surface area contributed by atoms with Crippen LogP contribution in [-0.2, 0) is 20.7 Å². The first kappa shape index (κ1) is 15.7. The molecule has 0 aliphatic rings. The van der Waals surface area contributed by atoms with E-state index in [0.717, 1.165) is 11.1 Å². The second-order valence-electron chi connectivity index (χ2n) is 4.82. The summed E-state index contributed by atoms with van der Waals surface area (Å²) in [6.07, 6.45) is 0.122. The van der Waals surface area contributed by atoms with Crippen LogP contribution in [0.5, 0.6) is 0 Å². The lowest BCUT2D eigenvalue weighted by Gasteiger charge is -2.08. The Bertz CT molecular complexity index is 668. The third-order valence-electron chi connectivity index (χ3n) is 3.09. The first-order valence-corrected chi connectivity index (χ1v) is 6.80. The van der Waals surface area contributed by atoms with E-state index in [1.807, 2.05) is 31.2 Å². The molecule has 0 aromatic heterocycles. The Hall–Kier alpha value is -2.69. The lowest BCUT2D eigenvalue weighted by atomic mass is 10.1. The minimum Gasteiger partial charge on any atom is -0.455 e. The summed E-state index contributed by atoms with van der Waals surface area (Å²) in [6, 6.07) is 12.8. The molecule has 0 aliphatic carbocycles. The Morgan fingerprint density at radius 1 is 1.09 bits per heavy atom. The Morgan fingerprint density at radius 2 is 1.77 bits per heavy atom. The minimum absolute atomic E-state index is 0.122. The first-order valence-electron chi connectivity index (χ1n) is 6.80. The molecule has 114 valence electrons. The van der Waals surface area contributed by atoms with Crippen molar-refractivity contribution < 1.29 is 18.7 Å². The van der Waals surface area contributed by atoms with Gasteiger partial charge in [0.25, 0.3) is 5.91 Å². The van der Waals surface area contributed by atoms with Gasteiger partial charge in [0.1, 0.15) is 5.82 Å². The first-order chi connectivity index (χ1) is 10.5. The quantitative estimate of drug-likeness (QED) is 0.864. The van der Waals surface area contributed by atoms with Crippen LogP contribution in [0.15, 0.2) is 48.5 Å². The number of ether oxygens (including phenoxy) is 1. The Balaban J connectivity index is 1.79. The van der Waals surface area contributed by atoms with E-state index in [0.29, 0.717) is 5.69 Å². The molecule has 0 unspecified atom stereocenters. The molecule has 5 heteroatoms. The van der Waals surface area contributed by atoms with E-state index in [1.165, 1.54) is 24.3 Å². The van der Waals surface area contributed by atoms with Crippen LogP contribution in [0.25, 0.3) is 0 Å². The van der Waals surface area contributed by atoms with Crippen molar-refractivity contribution in [2.45, 2.75) is 13.3 Å². The van der Waals surface area contributed by atoms with Crippen LogP contribution in [0.2, 0.25) is 0 Å². The van der Waals surface area contributed by atoms with Crippen LogP contribution in [0.4, 0.5) is 10.1 Å². The smallest absolute Gasteiger partial charge is 0.310 e. The van der Waals surface area contributed by atoms with Gasteiger partial charge in [0.15, 0.2) is 6.61 Å². The summed E-state index contributed by atoms with van der Waals surface area (Å²) in [5, 5.41) is 2.52. The topological polar surface area (TPSA) is 55.4 Å². The fraction of sp³-hybridized carbons (Fsp3) is 0.176. The Labute approximate surface area is 127 Å². The average molecular weight is 301 g/mol. The fourth-order valence-corrected chi connectivity index (χ4v) is 1.89. The van der Waals surface area contributed by atoms with Crippen LogP contribution in [-0.4, -0.2) is 18.5 Å². The van der Waals surface area contributed by atoms with E-state index in [-0.39, 0.29) is 18.8 Å². The number of anilines is 1. The molecule has 0 bridgehead atoms. The molecule has 0 fully saturated rings. The number of amides is 1. The van der Waals surface area contributed by atoms with E-state index in [1.54, 1.807) is 0 Å². The van der Waals surface area contributed by atoms with E-state index >= 15 is 0 Å². The van der Waals surface area contributed by atoms with Crippen molar-refractivity contribution in [3.8, 4) is 0 Å². The zero-order valence-electron chi connectivity index (χ0n) is 12.1. The molecular formula is C17H16FNO3. The van der Waals surface area contributed by atoms with Crippen molar-refractivity contribution in [2.75, 3.05) is 11.9 Å². The third kappa shape index (κ3) is 4.70. The largest absolute Gasteiger partial charge is 0.455 e. The van der Waals surface area contributed by atoms with Crippen molar-refractivity contribution in [1.82, 2.24) is 0 Å². The average Bonchev–Trinajstić information content (AvgIpc) is 2.50. The molecular weight excluding hydrogens is 285 g/mol. The highest BCUT2D eigenvalue weighted by Gasteiger charge is 2.10. The molecule has 1 amide bonds. The molecule has 0 spiro atoms. The van der Waals surface area contributed by atoms with Gasteiger partial charge in [0, 0.05) is 5.69 Å². The van der Waals surface area contributed by atoms with Gasteiger partial charge in [-0.3, -0.25) is 9.59 Å². The molecule has 0 saturated heterocycles. The predicted octanol–water partition coefficient (Wildman–Crippen LogP) is 2.86. The summed E-state index contributed by atoms with van der Waals surface area (Å²) >= 11 is 0. The van der Waals surface area contributed by atoms with E-state index in [9.17, 15) is 14.0 Å². The number of aryl methyl sites for hydroxylation is 1. The molecule has 0 atom stereocenters. The van der Waals surface area contributed by atoms with Gasteiger partial charge < -0.3 is 10.1 Å². The molecule has 0 heterocycles. The number of halogens is 1. The molecule has 2 aromatic carbocycles. The van der Waals surface area contributed by atoms with Gasteiger partial charge in [0.2, 0.25) is 0 Å². The molecule has 1 N–H and O–H groups in total. The lowest BCUT2D eigenvalue weighted by molar-refractivity contribution is -0.146. The number of hydrogen-bond donors (Lipinski definition) is 1. The minimum atomic E-state index is -0.469. The van der Waals surface area contributed by atoms with E-state index in [2.05, 4.69) is 5.32 Å². The maximum atomic E-state index is 12.7. The zero-order valence-corrected chi connectivity index (χ0v) is 12.1. The summed E-state index contributed by atoms with van der Waals surface area (Å²) in [7, 11) is 0. The van der Waals surface area contributed by atoms with E-state index in [4.69, 9.17) is 4.74 Å². The van der Waals surface area contributed by atoms with Crippen LogP contribution in [0.1, 0.15) is 11.1 Å². The summed E-state index contributed by atoms with van der Waals surface area (Å²) in [5.41, 5.74) is 2.31. The van der Waals surface area contributed by atoms with Crippen molar-refractivity contribution in [3.05, 3.63) is 65.5 Å². The van der Waals surface area contributed by atoms with Gasteiger partial charge in [0.05, 0.1) is 6.42 Å². The monoisotopic (exact) mass is 301 g/mol. The standard InChI is InChI=1S/C17H16FNO3/c1-12-4-2-3-5-13(12)10-17(21)22-11-16(20)19-15-8-6-14(18)7-9-15/h2-9H,10-11H2,1H3,(H,19,20). The number of carbonyl (C=O) groups is 2. The number of carbonyl (C=O) groups excluding carboxylic acids is 2. The van der Waals surface area contributed by atoms with Gasteiger partial charge in [-0.15, -0.1) is 0 Å². The highest BCUT2D eigenvalue weighted by atomic mass is 19.1. The van der Waals surface area contributed by atoms with Crippen molar-refractivity contribution in [2.24, 2.45) is 0 Å². The van der Waals surface area contributed by atoms with Crippen LogP contribution in [0.3, 0.4) is 0 Å². The molecule has 2 aromatic rings. The highest BCUT2D eigenvalue weighted by Crippen LogP contribution is 2.09. The predicted molar refractivity (Wildman–Crippen MR) is 80.9 cm³/mol. The van der Waals surface area contributed by atoms with Gasteiger partial charge in [-0.2, -0.15) is 0 Å². The van der Waals surface area contributed by atoms with Crippen molar-refractivity contribution in [3.63, 3.8) is 0 Å². The van der Waals surface area contributed by atoms with E-state index < -0.39 is 11.9 Å². The van der Waals surface area contributed by atoms with Gasteiger partial charge in [-0.05, 0) is 42.3 Å². The summed E-state index contributed by atoms with van der Waals surface area (Å²) in [4.78, 5) is 23.4. The third-order valence-corrected chi connectivity index (χ3v) is 3.09. The molecule has 4 nitrogen and oxygen atoms in total. The van der Waals surface area contributed by atoms with Crippen LogP contribution < -0.4 is 5.32 Å². The highest BCUT2D eigenvalue weighted by molar-refractivity contribution is 5.92. The van der Waals surface area contributed by atoms with Crippen molar-refractivity contribution >= 4 is 17.6 Å². The summed E-state index contributed by atoms with van der Waals surface area (Å²) in [5.74, 6) is -1.32. The maximum Gasteiger partial charge on any atom is 0.310 e. The second kappa shape index (κ2) is 7.36. The molecule has 0 radical (unpaired) electrons. The number of esters is 1. The molecule has 22 heavy (non-hydrogen) atoms. The molecule has 0 saturated carbocycles. The normalized spacial score (nSPS) is 10.1. The summed E-state index contributed by atoms with van der Waals surface area (Å²) < 4.78 is 17.7. The number of benzene rings is 2. The van der Waals surface area contributed by atoms with Crippen LogP contribution in [0, 0.1) is 12.7 Å². The van der Waals surface area contributed by atoms with Gasteiger partial charge in [-0.25, -0.2) is 4.39 Å². The number of hydrogen-bond acceptors (Lipinski definition) is 3. The summed E-state index contributed by atoms with van der Waals surface area (Å²) in [6.45, 7) is 1.53. The zero-order chi connectivity index (χ0) is 15.9. The SMILES string of the molecule is Cc1ccccc1CC(=O)OCC(=O)Nc1ccc(F)cc1. The number of rotatable bonds is 5. The van der Waals surface area contributed by atoms with Gasteiger partial charge >= 0.3 is 5.97 Å². The Kier molecular flexibility index (Phi) is 5.25. The van der Waals surface area contributed by atoms with Gasteiger partial charge in [-0.1, -0.05) is 24.3 Å². The Morgan fingerprint density at radius 3 is 2.45 bits per heavy atom. The second-order valence-corrected chi connectivity index (χ2v) is 4.82. The molecule has 0 aliphatic heterocycles. The maximum absolute atomic E-state index is 12.7. The van der Waals surface area contributed by atoms with Crippen molar-refractivity contribution in [1.29, 1.82) is 0 Å². The lowest BCUT2D eigenvalue weighted by Crippen LogP contribution is -2.21. The fourth-order valence-electron chi connectivity index (χ4n) is 1.89.